The molecule has 1 aliphatic carbocycles. The first-order valence-electron chi connectivity index (χ1n) is 13.0. The van der Waals surface area contributed by atoms with Crippen LogP contribution in [0.25, 0.3) is 0 Å². The molecular weight excluding hydrogens is 432 g/mol. The summed E-state index contributed by atoms with van der Waals surface area (Å²) in [6.07, 6.45) is 6.70. The zero-order valence-electron chi connectivity index (χ0n) is 22.0. The molecule has 1 aromatic heterocycles. The van der Waals surface area contributed by atoms with Crippen LogP contribution in [-0.2, 0) is 17.6 Å². The summed E-state index contributed by atoms with van der Waals surface area (Å²) in [5, 5.41) is 12.5. The predicted octanol–water partition coefficient (Wildman–Crippen LogP) is 6.95. The molecule has 0 radical (unpaired) electrons. The zero-order valence-corrected chi connectivity index (χ0v) is 22.0. The van der Waals surface area contributed by atoms with E-state index >= 15 is 0 Å². The van der Waals surface area contributed by atoms with Gasteiger partial charge in [-0.2, -0.15) is 0 Å². The molecule has 1 unspecified atom stereocenters. The number of carbonyl (C=O) groups excluding carboxylic acids is 1. The second kappa shape index (κ2) is 10.8. The third-order valence-corrected chi connectivity index (χ3v) is 6.81. The van der Waals surface area contributed by atoms with Crippen molar-refractivity contribution in [2.75, 3.05) is 5.32 Å². The van der Waals surface area contributed by atoms with Gasteiger partial charge in [-0.1, -0.05) is 68.8 Å². The molecule has 4 rings (SSSR count). The standard InChI is InChI=1S/C30H40N4O/c1-21-13-16-26(22(2)18-21)31-28(35)20-24(19-23-10-7-6-8-11-23)29-33-32-27(34(29)25-14-15-25)12-9-17-30(3,4)5/h6-8,10-11,13,16,18,24-25H,9,12,14-15,17,19-20H2,1-5H3,(H,31,35). The van der Waals surface area contributed by atoms with Gasteiger partial charge >= 0.3 is 0 Å². The van der Waals surface area contributed by atoms with Crippen molar-refractivity contribution in [3.63, 3.8) is 0 Å². The number of nitrogens with one attached hydrogen (secondary N) is 1. The third-order valence-electron chi connectivity index (χ3n) is 6.81. The van der Waals surface area contributed by atoms with Crippen LogP contribution >= 0.6 is 0 Å². The largest absolute Gasteiger partial charge is 0.326 e. The minimum absolute atomic E-state index is 0.0207. The smallest absolute Gasteiger partial charge is 0.225 e. The quantitative estimate of drug-likeness (QED) is 0.347. The molecule has 0 saturated heterocycles. The summed E-state index contributed by atoms with van der Waals surface area (Å²) >= 11 is 0. The average molecular weight is 473 g/mol. The Labute approximate surface area is 210 Å². The molecule has 1 heterocycles. The first kappa shape index (κ1) is 25.2. The SMILES string of the molecule is Cc1ccc(NC(=O)CC(Cc2ccccc2)c2nnc(CCCC(C)(C)C)n2C2CC2)c(C)c1. The van der Waals surface area contributed by atoms with E-state index in [1.165, 1.54) is 24.0 Å². The third kappa shape index (κ3) is 7.03. The topological polar surface area (TPSA) is 59.8 Å². The van der Waals surface area contributed by atoms with E-state index in [0.29, 0.717) is 17.9 Å². The molecule has 1 aliphatic rings. The van der Waals surface area contributed by atoms with E-state index in [9.17, 15) is 4.79 Å². The van der Waals surface area contributed by atoms with Gasteiger partial charge in [0.1, 0.15) is 11.6 Å². The van der Waals surface area contributed by atoms with Gasteiger partial charge in [0.05, 0.1) is 0 Å². The van der Waals surface area contributed by atoms with Crippen molar-refractivity contribution in [1.82, 2.24) is 14.8 Å². The molecule has 0 bridgehead atoms. The minimum Gasteiger partial charge on any atom is -0.326 e. The van der Waals surface area contributed by atoms with Gasteiger partial charge in [0.15, 0.2) is 0 Å². The Morgan fingerprint density at radius 1 is 1.09 bits per heavy atom. The monoisotopic (exact) mass is 472 g/mol. The van der Waals surface area contributed by atoms with Crippen LogP contribution in [0.1, 0.15) is 93.2 Å². The molecule has 0 aliphatic heterocycles. The highest BCUT2D eigenvalue weighted by Gasteiger charge is 2.33. The fraction of sp³-hybridized carbons (Fsp3) is 0.500. The van der Waals surface area contributed by atoms with Crippen molar-refractivity contribution in [3.8, 4) is 0 Å². The van der Waals surface area contributed by atoms with E-state index in [0.717, 1.165) is 48.6 Å². The van der Waals surface area contributed by atoms with Gasteiger partial charge in [0.25, 0.3) is 0 Å². The van der Waals surface area contributed by atoms with Crippen LogP contribution in [0.5, 0.6) is 0 Å². The number of aryl methyl sites for hydroxylation is 3. The molecule has 186 valence electrons. The lowest BCUT2D eigenvalue weighted by Crippen LogP contribution is -2.20. The highest BCUT2D eigenvalue weighted by atomic mass is 16.1. The number of nitrogens with zero attached hydrogens (tertiary/aromatic N) is 3. The summed E-state index contributed by atoms with van der Waals surface area (Å²) in [5.41, 5.74) is 4.69. The summed E-state index contributed by atoms with van der Waals surface area (Å²) in [7, 11) is 0. The van der Waals surface area contributed by atoms with Crippen LogP contribution in [0.2, 0.25) is 0 Å². The molecule has 3 aromatic rings. The van der Waals surface area contributed by atoms with Crippen molar-refractivity contribution in [2.45, 2.75) is 91.5 Å². The number of amides is 1. The van der Waals surface area contributed by atoms with Crippen molar-refractivity contribution in [1.29, 1.82) is 0 Å². The summed E-state index contributed by atoms with van der Waals surface area (Å²) in [6.45, 7) is 11.0. The zero-order chi connectivity index (χ0) is 25.0. The molecule has 2 aromatic carbocycles. The average Bonchev–Trinajstić information content (AvgIpc) is 3.54. The Bertz CT molecular complexity index is 1140. The maximum atomic E-state index is 13.2. The van der Waals surface area contributed by atoms with E-state index in [1.807, 2.05) is 25.1 Å². The molecule has 5 nitrogen and oxygen atoms in total. The van der Waals surface area contributed by atoms with E-state index < -0.39 is 0 Å². The van der Waals surface area contributed by atoms with Gasteiger partial charge < -0.3 is 9.88 Å². The predicted molar refractivity (Wildman–Crippen MR) is 143 cm³/mol. The molecule has 1 N–H and O–H groups in total. The Balaban J connectivity index is 1.57. The second-order valence-corrected chi connectivity index (χ2v) is 11.4. The highest BCUT2D eigenvalue weighted by molar-refractivity contribution is 5.92. The normalized spacial score (nSPS) is 14.7. The van der Waals surface area contributed by atoms with Gasteiger partial charge in [-0.05, 0) is 68.6 Å². The van der Waals surface area contributed by atoms with Crippen molar-refractivity contribution in [3.05, 3.63) is 76.9 Å². The van der Waals surface area contributed by atoms with Crippen LogP contribution < -0.4 is 5.32 Å². The number of carbonyl (C=O) groups is 1. The number of hydrogen-bond donors (Lipinski definition) is 1. The van der Waals surface area contributed by atoms with Crippen molar-refractivity contribution < 1.29 is 4.79 Å². The molecule has 1 fully saturated rings. The molecule has 5 heteroatoms. The molecule has 0 spiro atoms. The number of anilines is 1. The van der Waals surface area contributed by atoms with Gasteiger partial charge in [-0.15, -0.1) is 10.2 Å². The second-order valence-electron chi connectivity index (χ2n) is 11.4. The van der Waals surface area contributed by atoms with E-state index in [-0.39, 0.29) is 11.8 Å². The lowest BCUT2D eigenvalue weighted by molar-refractivity contribution is -0.116. The van der Waals surface area contributed by atoms with Crippen LogP contribution in [0.3, 0.4) is 0 Å². The minimum atomic E-state index is -0.0207. The molecule has 1 amide bonds. The van der Waals surface area contributed by atoms with Crippen LogP contribution in [0, 0.1) is 19.3 Å². The number of aromatic nitrogens is 3. The van der Waals surface area contributed by atoms with Crippen molar-refractivity contribution in [2.24, 2.45) is 5.41 Å². The summed E-state index contributed by atoms with van der Waals surface area (Å²) < 4.78 is 2.38. The number of rotatable bonds is 10. The fourth-order valence-electron chi connectivity index (χ4n) is 4.83. The van der Waals surface area contributed by atoms with E-state index in [1.54, 1.807) is 0 Å². The molecule has 35 heavy (non-hydrogen) atoms. The lowest BCUT2D eigenvalue weighted by Gasteiger charge is -2.20. The Kier molecular flexibility index (Phi) is 7.73. The first-order chi connectivity index (χ1) is 16.7. The molecule has 1 saturated carbocycles. The van der Waals surface area contributed by atoms with Crippen LogP contribution in [0.15, 0.2) is 48.5 Å². The summed E-state index contributed by atoms with van der Waals surface area (Å²) in [5.74, 6) is 2.06. The maximum absolute atomic E-state index is 13.2. The van der Waals surface area contributed by atoms with Gasteiger partial charge in [-0.3, -0.25) is 4.79 Å². The van der Waals surface area contributed by atoms with Crippen LogP contribution in [-0.4, -0.2) is 20.7 Å². The maximum Gasteiger partial charge on any atom is 0.225 e. The summed E-state index contributed by atoms with van der Waals surface area (Å²) in [6, 6.07) is 17.0. The van der Waals surface area contributed by atoms with Crippen LogP contribution in [0.4, 0.5) is 5.69 Å². The molecule has 1 atom stereocenters. The van der Waals surface area contributed by atoms with Gasteiger partial charge in [0, 0.05) is 30.5 Å². The first-order valence-corrected chi connectivity index (χ1v) is 13.0. The number of hydrogen-bond acceptors (Lipinski definition) is 3. The Morgan fingerprint density at radius 2 is 1.83 bits per heavy atom. The van der Waals surface area contributed by atoms with Gasteiger partial charge in [0.2, 0.25) is 5.91 Å². The van der Waals surface area contributed by atoms with Gasteiger partial charge in [-0.25, -0.2) is 0 Å². The highest BCUT2D eigenvalue weighted by Crippen LogP contribution is 2.39. The van der Waals surface area contributed by atoms with Crippen molar-refractivity contribution >= 4 is 11.6 Å². The van der Waals surface area contributed by atoms with E-state index in [2.05, 4.69) is 73.0 Å². The Hall–Kier alpha value is -2.95. The number of benzene rings is 2. The summed E-state index contributed by atoms with van der Waals surface area (Å²) in [4.78, 5) is 13.2. The lowest BCUT2D eigenvalue weighted by atomic mass is 9.90. The fourth-order valence-corrected chi connectivity index (χ4v) is 4.83. The van der Waals surface area contributed by atoms with E-state index in [4.69, 9.17) is 5.10 Å². The Morgan fingerprint density at radius 3 is 2.49 bits per heavy atom. The molecular formula is C30H40N4O.